The summed E-state index contributed by atoms with van der Waals surface area (Å²) in [5.74, 6) is 2.70. The zero-order valence-corrected chi connectivity index (χ0v) is 16.7. The number of piperazine rings is 1. The van der Waals surface area contributed by atoms with Crippen molar-refractivity contribution in [3.05, 3.63) is 53.1 Å². The van der Waals surface area contributed by atoms with E-state index in [0.717, 1.165) is 55.5 Å². The molecular weight excluding hydrogens is 362 g/mol. The van der Waals surface area contributed by atoms with Crippen molar-refractivity contribution in [1.29, 1.82) is 0 Å². The Morgan fingerprint density at radius 1 is 1.07 bits per heavy atom. The predicted molar refractivity (Wildman–Crippen MR) is 111 cm³/mol. The smallest absolute Gasteiger partial charge is 0.134 e. The van der Waals surface area contributed by atoms with Crippen LogP contribution in [0.2, 0.25) is 0 Å². The van der Waals surface area contributed by atoms with E-state index in [9.17, 15) is 0 Å². The van der Waals surface area contributed by atoms with Crippen LogP contribution in [-0.4, -0.2) is 50.7 Å². The van der Waals surface area contributed by atoms with Crippen LogP contribution in [0.4, 0.5) is 5.69 Å². The summed E-state index contributed by atoms with van der Waals surface area (Å²) in [6.45, 7) is 4.13. The second-order valence-corrected chi connectivity index (χ2v) is 8.36. The number of anilines is 1. The zero-order chi connectivity index (χ0) is 19.4. The molecule has 0 unspecified atom stereocenters. The molecule has 29 heavy (non-hydrogen) atoms. The van der Waals surface area contributed by atoms with Gasteiger partial charge in [-0.05, 0) is 25.0 Å². The quantitative estimate of drug-likeness (QED) is 0.578. The Bertz CT molecular complexity index is 1060. The summed E-state index contributed by atoms with van der Waals surface area (Å²) in [6.07, 6.45) is 7.99. The van der Waals surface area contributed by atoms with Gasteiger partial charge in [0.1, 0.15) is 11.6 Å². The zero-order valence-electron chi connectivity index (χ0n) is 16.7. The third-order valence-electron chi connectivity index (χ3n) is 6.27. The molecular formula is C22H25N7. The summed E-state index contributed by atoms with van der Waals surface area (Å²) < 4.78 is 2.26. The molecule has 0 bridgehead atoms. The number of nitrogens with one attached hydrogen (secondary N) is 1. The van der Waals surface area contributed by atoms with E-state index in [-0.39, 0.29) is 0 Å². The van der Waals surface area contributed by atoms with Gasteiger partial charge < -0.3 is 14.8 Å². The minimum absolute atomic E-state index is 0.647. The molecule has 1 saturated heterocycles. The molecule has 6 rings (SSSR count). The number of hydrogen-bond acceptors (Lipinski definition) is 6. The Morgan fingerprint density at radius 2 is 1.93 bits per heavy atom. The topological polar surface area (TPSA) is 71.8 Å². The first-order valence-electron chi connectivity index (χ1n) is 10.6. The van der Waals surface area contributed by atoms with Gasteiger partial charge in [-0.15, -0.1) is 0 Å². The maximum atomic E-state index is 4.93. The summed E-state index contributed by atoms with van der Waals surface area (Å²) >= 11 is 0. The van der Waals surface area contributed by atoms with Crippen molar-refractivity contribution < 1.29 is 0 Å². The molecule has 1 saturated carbocycles. The van der Waals surface area contributed by atoms with Crippen molar-refractivity contribution in [2.75, 3.05) is 31.1 Å². The van der Waals surface area contributed by atoms with Crippen LogP contribution in [-0.2, 0) is 19.9 Å². The second-order valence-electron chi connectivity index (χ2n) is 8.36. The monoisotopic (exact) mass is 387 g/mol. The average molecular weight is 387 g/mol. The van der Waals surface area contributed by atoms with E-state index < -0.39 is 0 Å². The molecule has 2 fully saturated rings. The van der Waals surface area contributed by atoms with Gasteiger partial charge in [0.2, 0.25) is 0 Å². The first kappa shape index (κ1) is 17.1. The Morgan fingerprint density at radius 3 is 2.69 bits per heavy atom. The summed E-state index contributed by atoms with van der Waals surface area (Å²) in [5.41, 5.74) is 6.79. The largest absolute Gasteiger partial charge is 0.368 e. The van der Waals surface area contributed by atoms with Crippen LogP contribution < -0.4 is 10.2 Å². The van der Waals surface area contributed by atoms with Gasteiger partial charge in [0, 0.05) is 63.0 Å². The van der Waals surface area contributed by atoms with Crippen LogP contribution in [0.25, 0.3) is 11.4 Å². The van der Waals surface area contributed by atoms with Gasteiger partial charge in [-0.1, -0.05) is 0 Å². The predicted octanol–water partition coefficient (Wildman–Crippen LogP) is 2.05. The first-order valence-corrected chi connectivity index (χ1v) is 10.6. The highest BCUT2D eigenvalue weighted by atomic mass is 15.2. The molecule has 7 heteroatoms. The minimum atomic E-state index is 0.647. The van der Waals surface area contributed by atoms with E-state index in [1.165, 1.54) is 35.6 Å². The van der Waals surface area contributed by atoms with E-state index in [0.29, 0.717) is 12.3 Å². The van der Waals surface area contributed by atoms with E-state index in [1.807, 2.05) is 12.4 Å². The third-order valence-corrected chi connectivity index (χ3v) is 6.27. The highest BCUT2D eigenvalue weighted by Crippen LogP contribution is 2.43. The maximum Gasteiger partial charge on any atom is 0.134 e. The van der Waals surface area contributed by atoms with Crippen LogP contribution in [0.1, 0.15) is 47.4 Å². The molecule has 3 aromatic heterocycles. The van der Waals surface area contributed by atoms with Crippen molar-refractivity contribution in [2.24, 2.45) is 7.05 Å². The van der Waals surface area contributed by atoms with Gasteiger partial charge in [0.25, 0.3) is 0 Å². The fraction of sp³-hybridized carbons (Fsp3) is 0.455. The molecule has 0 spiro atoms. The molecule has 2 aliphatic carbocycles. The lowest BCUT2D eigenvalue weighted by Gasteiger charge is -2.29. The highest BCUT2D eigenvalue weighted by molar-refractivity contribution is 5.69. The van der Waals surface area contributed by atoms with Gasteiger partial charge in [-0.3, -0.25) is 4.98 Å². The number of pyridine rings is 1. The van der Waals surface area contributed by atoms with E-state index in [1.54, 1.807) is 0 Å². The SMILES string of the molecule is Cn1c(C2CC2)nc2c1-c1nc(Cc3ccc(N4CCNCC4)cn3)ncc1C2. The molecule has 1 N–H and O–H groups in total. The highest BCUT2D eigenvalue weighted by Gasteiger charge is 2.34. The molecule has 0 aromatic carbocycles. The molecule has 4 heterocycles. The summed E-state index contributed by atoms with van der Waals surface area (Å²) in [6, 6.07) is 4.27. The van der Waals surface area contributed by atoms with Gasteiger partial charge in [-0.25, -0.2) is 15.0 Å². The number of nitrogens with zero attached hydrogens (tertiary/aromatic N) is 6. The molecule has 3 aromatic rings. The number of aromatic nitrogens is 5. The Balaban J connectivity index is 1.24. The number of hydrogen-bond donors (Lipinski definition) is 1. The Hall–Kier alpha value is -2.80. The maximum absolute atomic E-state index is 4.93. The van der Waals surface area contributed by atoms with Gasteiger partial charge in [-0.2, -0.15) is 0 Å². The van der Waals surface area contributed by atoms with E-state index >= 15 is 0 Å². The van der Waals surface area contributed by atoms with Gasteiger partial charge in [0.05, 0.1) is 35.4 Å². The molecule has 3 aliphatic rings. The van der Waals surface area contributed by atoms with Crippen LogP contribution >= 0.6 is 0 Å². The van der Waals surface area contributed by atoms with Crippen LogP contribution in [0.5, 0.6) is 0 Å². The third kappa shape index (κ3) is 3.00. The Kier molecular flexibility index (Phi) is 3.90. The lowest BCUT2D eigenvalue weighted by Crippen LogP contribution is -2.43. The lowest BCUT2D eigenvalue weighted by atomic mass is 10.2. The van der Waals surface area contributed by atoms with E-state index in [4.69, 9.17) is 9.97 Å². The standard InChI is InChI=1S/C22H25N7/c1-28-21-18(26-22(28)14-2-3-14)10-15-12-25-19(27-20(15)21)11-16-4-5-17(13-24-16)29-8-6-23-7-9-29/h4-5,12-14,23H,2-3,6-11H2,1H3. The minimum Gasteiger partial charge on any atom is -0.368 e. The van der Waals surface area contributed by atoms with Crippen molar-refractivity contribution in [3.8, 4) is 11.4 Å². The summed E-state index contributed by atoms with van der Waals surface area (Å²) in [4.78, 5) is 21.5. The molecule has 7 nitrogen and oxygen atoms in total. The second kappa shape index (κ2) is 6.62. The van der Waals surface area contributed by atoms with Gasteiger partial charge in [0.15, 0.2) is 0 Å². The molecule has 0 radical (unpaired) electrons. The number of rotatable bonds is 4. The molecule has 1 aliphatic heterocycles. The first-order chi connectivity index (χ1) is 14.3. The van der Waals surface area contributed by atoms with Crippen molar-refractivity contribution >= 4 is 5.69 Å². The lowest BCUT2D eigenvalue weighted by molar-refractivity contribution is 0.588. The van der Waals surface area contributed by atoms with Crippen molar-refractivity contribution in [1.82, 2.24) is 29.8 Å². The van der Waals surface area contributed by atoms with Crippen LogP contribution in [0, 0.1) is 0 Å². The van der Waals surface area contributed by atoms with Crippen molar-refractivity contribution in [2.45, 2.75) is 31.6 Å². The summed E-state index contributed by atoms with van der Waals surface area (Å²) in [5, 5.41) is 3.39. The fourth-order valence-corrected chi connectivity index (χ4v) is 4.54. The van der Waals surface area contributed by atoms with Gasteiger partial charge >= 0.3 is 0 Å². The van der Waals surface area contributed by atoms with Crippen molar-refractivity contribution in [3.63, 3.8) is 0 Å². The molecule has 0 amide bonds. The molecule has 148 valence electrons. The summed E-state index contributed by atoms with van der Waals surface area (Å²) in [7, 11) is 2.13. The fourth-order valence-electron chi connectivity index (χ4n) is 4.54. The number of imidazole rings is 1. The van der Waals surface area contributed by atoms with E-state index in [2.05, 4.69) is 43.9 Å². The number of fused-ring (bicyclic) bond motifs is 3. The average Bonchev–Trinajstić information content (AvgIpc) is 3.46. The van der Waals surface area contributed by atoms with Crippen LogP contribution in [0.15, 0.2) is 24.5 Å². The van der Waals surface area contributed by atoms with Crippen LogP contribution in [0.3, 0.4) is 0 Å². The normalized spacial score (nSPS) is 18.0. The Labute approximate surface area is 170 Å². The molecule has 0 atom stereocenters.